The second-order valence-corrected chi connectivity index (χ2v) is 7.23. The summed E-state index contributed by atoms with van der Waals surface area (Å²) in [5.74, 6) is 0. The fraction of sp³-hybridized carbons (Fsp3) is 0.333. The zero-order valence-electron chi connectivity index (χ0n) is 11.1. The average molecular weight is 339 g/mol. The summed E-state index contributed by atoms with van der Waals surface area (Å²) in [6.07, 6.45) is -1.09. The van der Waals surface area contributed by atoms with Crippen LogP contribution in [0.4, 0.5) is 13.2 Å². The zero-order chi connectivity index (χ0) is 15.8. The monoisotopic (exact) mass is 339 g/mol. The molecule has 1 aliphatic heterocycles. The van der Waals surface area contributed by atoms with Crippen LogP contribution in [0.5, 0.6) is 0 Å². The Morgan fingerprint density at radius 3 is 2.48 bits per heavy atom. The van der Waals surface area contributed by atoms with Gasteiger partial charge in [-0.1, -0.05) is 6.07 Å². The molecule has 0 saturated carbocycles. The van der Waals surface area contributed by atoms with E-state index in [0.717, 1.165) is 18.4 Å². The molecule has 0 fully saturated rings. The SMILES string of the molecule is CSC1=CC(c2ccc(C(F)(F)F)cc2S(C)(=O)=O)ON1. The van der Waals surface area contributed by atoms with E-state index in [-0.39, 0.29) is 10.5 Å². The maximum absolute atomic E-state index is 12.7. The summed E-state index contributed by atoms with van der Waals surface area (Å²) in [7, 11) is -3.82. The van der Waals surface area contributed by atoms with Crippen molar-refractivity contribution in [1.82, 2.24) is 5.48 Å². The standard InChI is InChI=1S/C12H12F3NO3S2/c1-20-11-6-9(19-16-11)8-4-3-7(12(13,14)15)5-10(8)21(2,17)18/h3-6,9,16H,1-2H3. The number of rotatable bonds is 3. The molecule has 1 unspecified atom stereocenters. The molecule has 0 amide bonds. The van der Waals surface area contributed by atoms with Crippen molar-refractivity contribution in [3.05, 3.63) is 40.4 Å². The highest BCUT2D eigenvalue weighted by Crippen LogP contribution is 2.36. The third-order valence-electron chi connectivity index (χ3n) is 2.86. The number of thioether (sulfide) groups is 1. The highest BCUT2D eigenvalue weighted by atomic mass is 32.2. The predicted octanol–water partition coefficient (Wildman–Crippen LogP) is 2.89. The molecule has 0 aromatic heterocycles. The Morgan fingerprint density at radius 2 is 2.00 bits per heavy atom. The van der Waals surface area contributed by atoms with Gasteiger partial charge in [0.25, 0.3) is 0 Å². The molecule has 21 heavy (non-hydrogen) atoms. The maximum atomic E-state index is 12.7. The fourth-order valence-corrected chi connectivity index (χ4v) is 3.20. The van der Waals surface area contributed by atoms with Crippen LogP contribution in [0.15, 0.2) is 34.2 Å². The van der Waals surface area contributed by atoms with Crippen molar-refractivity contribution in [3.63, 3.8) is 0 Å². The van der Waals surface area contributed by atoms with Crippen LogP contribution in [-0.4, -0.2) is 20.9 Å². The van der Waals surface area contributed by atoms with Crippen LogP contribution in [0, 0.1) is 0 Å². The first-order valence-electron chi connectivity index (χ1n) is 5.71. The van der Waals surface area contributed by atoms with Gasteiger partial charge in [0.2, 0.25) is 0 Å². The van der Waals surface area contributed by atoms with E-state index in [4.69, 9.17) is 4.84 Å². The Hall–Kier alpha value is -1.19. The lowest BCUT2D eigenvalue weighted by Crippen LogP contribution is -2.13. The summed E-state index contributed by atoms with van der Waals surface area (Å²) < 4.78 is 61.7. The third-order valence-corrected chi connectivity index (χ3v) is 4.67. The normalized spacial score (nSPS) is 19.3. The summed E-state index contributed by atoms with van der Waals surface area (Å²) in [5.41, 5.74) is 1.75. The second kappa shape index (κ2) is 5.54. The molecule has 1 aromatic carbocycles. The van der Waals surface area contributed by atoms with Gasteiger partial charge in [0, 0.05) is 11.8 Å². The summed E-state index contributed by atoms with van der Waals surface area (Å²) in [4.78, 5) is 4.81. The van der Waals surface area contributed by atoms with Crippen LogP contribution in [0.2, 0.25) is 0 Å². The Bertz CT molecular complexity index is 683. The van der Waals surface area contributed by atoms with Crippen LogP contribution in [0.25, 0.3) is 0 Å². The molecule has 1 heterocycles. The Labute approximate surface area is 124 Å². The third kappa shape index (κ3) is 3.53. The number of halogens is 3. The first-order chi connectivity index (χ1) is 9.63. The van der Waals surface area contributed by atoms with Crippen molar-refractivity contribution in [1.29, 1.82) is 0 Å². The van der Waals surface area contributed by atoms with Crippen molar-refractivity contribution >= 4 is 21.6 Å². The van der Waals surface area contributed by atoms with Gasteiger partial charge >= 0.3 is 6.18 Å². The molecule has 0 spiro atoms. The molecular formula is C12H12F3NO3S2. The van der Waals surface area contributed by atoms with Crippen LogP contribution >= 0.6 is 11.8 Å². The molecule has 0 saturated heterocycles. The molecule has 2 rings (SSSR count). The number of hydrogen-bond donors (Lipinski definition) is 1. The molecule has 0 aliphatic carbocycles. The van der Waals surface area contributed by atoms with Gasteiger partial charge in [-0.15, -0.1) is 11.8 Å². The van der Waals surface area contributed by atoms with Gasteiger partial charge in [-0.2, -0.15) is 13.2 Å². The van der Waals surface area contributed by atoms with E-state index >= 15 is 0 Å². The summed E-state index contributed by atoms with van der Waals surface area (Å²) in [6, 6.07) is 2.61. The molecule has 0 radical (unpaired) electrons. The molecule has 1 aliphatic rings. The molecule has 9 heteroatoms. The topological polar surface area (TPSA) is 55.4 Å². The van der Waals surface area contributed by atoms with E-state index in [1.807, 2.05) is 0 Å². The largest absolute Gasteiger partial charge is 0.416 e. The molecule has 1 N–H and O–H groups in total. The quantitative estimate of drug-likeness (QED) is 0.918. The number of alkyl halides is 3. The molecule has 1 atom stereocenters. The van der Waals surface area contributed by atoms with E-state index < -0.39 is 27.7 Å². The van der Waals surface area contributed by atoms with E-state index in [0.29, 0.717) is 11.1 Å². The minimum absolute atomic E-state index is 0.169. The van der Waals surface area contributed by atoms with Gasteiger partial charge in [-0.25, -0.2) is 8.42 Å². The highest BCUT2D eigenvalue weighted by Gasteiger charge is 2.33. The number of sulfone groups is 1. The van der Waals surface area contributed by atoms with Gasteiger partial charge in [-0.05, 0) is 24.5 Å². The van der Waals surface area contributed by atoms with Crippen LogP contribution in [0.1, 0.15) is 17.2 Å². The summed E-state index contributed by atoms with van der Waals surface area (Å²) in [6.45, 7) is 0. The molecule has 1 aromatic rings. The molecule has 4 nitrogen and oxygen atoms in total. The Kier molecular flexibility index (Phi) is 4.27. The van der Waals surface area contributed by atoms with Crippen LogP contribution < -0.4 is 5.48 Å². The molecular weight excluding hydrogens is 327 g/mol. The van der Waals surface area contributed by atoms with E-state index in [9.17, 15) is 21.6 Å². The maximum Gasteiger partial charge on any atom is 0.416 e. The number of benzene rings is 1. The van der Waals surface area contributed by atoms with Gasteiger partial charge in [0.1, 0.15) is 6.10 Å². The van der Waals surface area contributed by atoms with Gasteiger partial charge < -0.3 is 0 Å². The van der Waals surface area contributed by atoms with Gasteiger partial charge in [0.15, 0.2) is 9.84 Å². The second-order valence-electron chi connectivity index (χ2n) is 4.40. The Morgan fingerprint density at radius 1 is 1.33 bits per heavy atom. The van der Waals surface area contributed by atoms with Crippen molar-refractivity contribution in [2.24, 2.45) is 0 Å². The first-order valence-corrected chi connectivity index (χ1v) is 8.83. The van der Waals surface area contributed by atoms with Gasteiger partial charge in [-0.3, -0.25) is 10.3 Å². The van der Waals surface area contributed by atoms with Crippen molar-refractivity contribution in [2.45, 2.75) is 17.2 Å². The zero-order valence-corrected chi connectivity index (χ0v) is 12.7. The minimum atomic E-state index is -4.60. The molecule has 116 valence electrons. The highest BCUT2D eigenvalue weighted by molar-refractivity contribution is 8.02. The summed E-state index contributed by atoms with van der Waals surface area (Å²) in [5, 5.41) is 0.666. The van der Waals surface area contributed by atoms with E-state index in [1.54, 1.807) is 12.3 Å². The lowest BCUT2D eigenvalue weighted by atomic mass is 10.1. The fourth-order valence-electron chi connectivity index (χ4n) is 1.86. The lowest BCUT2D eigenvalue weighted by Gasteiger charge is -2.15. The van der Waals surface area contributed by atoms with Crippen molar-refractivity contribution < 1.29 is 26.4 Å². The Balaban J connectivity index is 2.55. The van der Waals surface area contributed by atoms with Crippen molar-refractivity contribution in [2.75, 3.05) is 12.5 Å². The number of nitrogens with one attached hydrogen (secondary N) is 1. The smallest absolute Gasteiger partial charge is 0.263 e. The number of hydrogen-bond acceptors (Lipinski definition) is 5. The van der Waals surface area contributed by atoms with E-state index in [1.165, 1.54) is 11.8 Å². The van der Waals surface area contributed by atoms with Crippen LogP contribution in [-0.2, 0) is 20.9 Å². The minimum Gasteiger partial charge on any atom is -0.263 e. The first kappa shape index (κ1) is 16.2. The summed E-state index contributed by atoms with van der Waals surface area (Å²) >= 11 is 1.35. The number of hydroxylamine groups is 1. The van der Waals surface area contributed by atoms with Crippen molar-refractivity contribution in [3.8, 4) is 0 Å². The van der Waals surface area contributed by atoms with Gasteiger partial charge in [0.05, 0.1) is 15.5 Å². The lowest BCUT2D eigenvalue weighted by molar-refractivity contribution is -0.137. The van der Waals surface area contributed by atoms with E-state index in [2.05, 4.69) is 5.48 Å². The predicted molar refractivity (Wildman–Crippen MR) is 73.1 cm³/mol. The van der Waals surface area contributed by atoms with Crippen LogP contribution in [0.3, 0.4) is 0 Å². The average Bonchev–Trinajstić information content (AvgIpc) is 2.84. The molecule has 0 bridgehead atoms.